The molecule has 0 saturated heterocycles. The zero-order valence-corrected chi connectivity index (χ0v) is 11.2. The molecule has 4 heteroatoms. The Hall–Kier alpha value is -1.80. The first-order valence-electron chi connectivity index (χ1n) is 5.92. The van der Waals surface area contributed by atoms with Crippen molar-refractivity contribution in [3.05, 3.63) is 51.7 Å². The molecule has 0 aliphatic carbocycles. The van der Waals surface area contributed by atoms with Crippen molar-refractivity contribution in [1.82, 2.24) is 0 Å². The Labute approximate surface area is 116 Å². The molecular weight excluding hydrogens is 258 g/mol. The van der Waals surface area contributed by atoms with Crippen molar-refractivity contribution in [2.45, 2.75) is 13.2 Å². The number of aliphatic hydroxyl groups excluding tert-OH is 1. The molecule has 1 heterocycles. The predicted octanol–water partition coefficient (Wildman–Crippen LogP) is 2.13. The summed E-state index contributed by atoms with van der Waals surface area (Å²) >= 11 is 1.59. The Morgan fingerprint density at radius 2 is 2.05 bits per heavy atom. The molecule has 0 spiro atoms. The Morgan fingerprint density at radius 3 is 2.84 bits per heavy atom. The molecule has 0 atom stereocenters. The van der Waals surface area contributed by atoms with E-state index in [1.165, 1.54) is 0 Å². The van der Waals surface area contributed by atoms with Gasteiger partial charge in [-0.25, -0.2) is 0 Å². The van der Waals surface area contributed by atoms with Crippen molar-refractivity contribution >= 4 is 11.3 Å². The summed E-state index contributed by atoms with van der Waals surface area (Å²) in [5.41, 5.74) is 6.13. The Balaban J connectivity index is 2.00. The maximum absolute atomic E-state index is 9.21. The van der Waals surface area contributed by atoms with Crippen LogP contribution in [0, 0.1) is 11.8 Å². The van der Waals surface area contributed by atoms with Crippen LogP contribution in [0.4, 0.5) is 0 Å². The standard InChI is InChI=1S/C15H15NO2S/c16-9-3-5-13-7-8-14(19-13)11-18-15-6-2-1-4-12(15)10-17/h1-2,4,6-8,17H,9-11,16H2. The van der Waals surface area contributed by atoms with E-state index < -0.39 is 0 Å². The van der Waals surface area contributed by atoms with Crippen LogP contribution in [0.5, 0.6) is 5.75 Å². The fourth-order valence-electron chi connectivity index (χ4n) is 1.58. The lowest BCUT2D eigenvalue weighted by Gasteiger charge is -2.08. The zero-order chi connectivity index (χ0) is 13.5. The van der Waals surface area contributed by atoms with E-state index in [9.17, 15) is 5.11 Å². The average molecular weight is 273 g/mol. The number of aliphatic hydroxyl groups is 1. The van der Waals surface area contributed by atoms with Gasteiger partial charge in [-0.15, -0.1) is 11.3 Å². The first kappa shape index (κ1) is 13.6. The largest absolute Gasteiger partial charge is 0.488 e. The van der Waals surface area contributed by atoms with E-state index >= 15 is 0 Å². The number of rotatable bonds is 4. The quantitative estimate of drug-likeness (QED) is 0.839. The van der Waals surface area contributed by atoms with Gasteiger partial charge in [-0.3, -0.25) is 0 Å². The van der Waals surface area contributed by atoms with E-state index in [-0.39, 0.29) is 6.61 Å². The van der Waals surface area contributed by atoms with E-state index in [1.807, 2.05) is 36.4 Å². The number of nitrogens with two attached hydrogens (primary N) is 1. The van der Waals surface area contributed by atoms with Crippen LogP contribution >= 0.6 is 11.3 Å². The second kappa shape index (κ2) is 6.95. The van der Waals surface area contributed by atoms with Gasteiger partial charge in [0.25, 0.3) is 0 Å². The SMILES string of the molecule is NCC#Cc1ccc(COc2ccccc2CO)s1. The highest BCUT2D eigenvalue weighted by Gasteiger charge is 2.03. The van der Waals surface area contributed by atoms with Gasteiger partial charge < -0.3 is 15.6 Å². The Morgan fingerprint density at radius 1 is 1.21 bits per heavy atom. The van der Waals surface area contributed by atoms with Gasteiger partial charge in [-0.05, 0) is 18.2 Å². The van der Waals surface area contributed by atoms with Crippen molar-refractivity contribution in [2.75, 3.05) is 6.54 Å². The second-order valence-electron chi connectivity index (χ2n) is 3.83. The normalized spacial score (nSPS) is 9.79. The monoisotopic (exact) mass is 273 g/mol. The molecule has 3 nitrogen and oxygen atoms in total. The molecule has 2 rings (SSSR count). The molecule has 98 valence electrons. The molecule has 0 amide bonds. The predicted molar refractivity (Wildman–Crippen MR) is 76.9 cm³/mol. The topological polar surface area (TPSA) is 55.5 Å². The van der Waals surface area contributed by atoms with Gasteiger partial charge in [0.05, 0.1) is 18.0 Å². The fraction of sp³-hybridized carbons (Fsp3) is 0.200. The van der Waals surface area contributed by atoms with E-state index in [0.717, 1.165) is 15.3 Å². The van der Waals surface area contributed by atoms with Crippen LogP contribution in [0.3, 0.4) is 0 Å². The summed E-state index contributed by atoms with van der Waals surface area (Å²) in [6.07, 6.45) is 0. The third kappa shape index (κ3) is 3.83. The van der Waals surface area contributed by atoms with Crippen LogP contribution in [-0.4, -0.2) is 11.7 Å². The molecule has 2 aromatic rings. The lowest BCUT2D eigenvalue weighted by Crippen LogP contribution is -1.96. The zero-order valence-electron chi connectivity index (χ0n) is 10.4. The average Bonchev–Trinajstić information content (AvgIpc) is 2.91. The van der Waals surface area contributed by atoms with Gasteiger partial charge in [-0.2, -0.15) is 0 Å². The van der Waals surface area contributed by atoms with Crippen LogP contribution in [0.2, 0.25) is 0 Å². The third-order valence-electron chi connectivity index (χ3n) is 2.49. The molecule has 0 saturated carbocycles. The summed E-state index contributed by atoms with van der Waals surface area (Å²) in [6, 6.07) is 11.4. The van der Waals surface area contributed by atoms with Crippen molar-refractivity contribution in [1.29, 1.82) is 0 Å². The maximum Gasteiger partial charge on any atom is 0.125 e. The minimum absolute atomic E-state index is 0.0200. The van der Waals surface area contributed by atoms with Crippen LogP contribution < -0.4 is 10.5 Å². The van der Waals surface area contributed by atoms with Gasteiger partial charge in [0.15, 0.2) is 0 Å². The van der Waals surface area contributed by atoms with Crippen molar-refractivity contribution < 1.29 is 9.84 Å². The van der Waals surface area contributed by atoms with Gasteiger partial charge in [0, 0.05) is 10.4 Å². The van der Waals surface area contributed by atoms with Crippen LogP contribution in [-0.2, 0) is 13.2 Å². The van der Waals surface area contributed by atoms with Crippen molar-refractivity contribution in [2.24, 2.45) is 5.73 Å². The molecule has 19 heavy (non-hydrogen) atoms. The van der Waals surface area contributed by atoms with Gasteiger partial charge >= 0.3 is 0 Å². The Bertz CT molecular complexity index is 595. The minimum Gasteiger partial charge on any atom is -0.488 e. The van der Waals surface area contributed by atoms with E-state index in [0.29, 0.717) is 18.9 Å². The maximum atomic E-state index is 9.21. The molecule has 0 radical (unpaired) electrons. The number of hydrogen-bond acceptors (Lipinski definition) is 4. The summed E-state index contributed by atoms with van der Waals surface area (Å²) in [6.45, 7) is 0.827. The summed E-state index contributed by atoms with van der Waals surface area (Å²) in [5.74, 6) is 6.53. The van der Waals surface area contributed by atoms with E-state index in [4.69, 9.17) is 10.5 Å². The van der Waals surface area contributed by atoms with Gasteiger partial charge in [0.2, 0.25) is 0 Å². The second-order valence-corrected chi connectivity index (χ2v) is 4.99. The Kier molecular flexibility index (Phi) is 4.99. The summed E-state index contributed by atoms with van der Waals surface area (Å²) in [4.78, 5) is 2.08. The van der Waals surface area contributed by atoms with Crippen LogP contribution in [0.1, 0.15) is 15.3 Å². The lowest BCUT2D eigenvalue weighted by atomic mass is 10.2. The molecule has 1 aromatic heterocycles. The van der Waals surface area contributed by atoms with E-state index in [1.54, 1.807) is 11.3 Å². The molecule has 0 fully saturated rings. The highest BCUT2D eigenvalue weighted by molar-refractivity contribution is 7.12. The molecule has 1 aromatic carbocycles. The number of para-hydroxylation sites is 1. The number of hydrogen-bond donors (Lipinski definition) is 2. The van der Waals surface area contributed by atoms with Crippen LogP contribution in [0.15, 0.2) is 36.4 Å². The van der Waals surface area contributed by atoms with Crippen molar-refractivity contribution in [3.63, 3.8) is 0 Å². The molecule has 0 aliphatic rings. The summed E-state index contributed by atoms with van der Waals surface area (Å²) in [5, 5.41) is 9.21. The molecular formula is C15H15NO2S. The fourth-order valence-corrected chi connectivity index (χ4v) is 2.38. The lowest BCUT2D eigenvalue weighted by molar-refractivity contribution is 0.260. The number of ether oxygens (including phenoxy) is 1. The highest BCUT2D eigenvalue weighted by atomic mass is 32.1. The third-order valence-corrected chi connectivity index (χ3v) is 3.46. The van der Waals surface area contributed by atoms with Crippen LogP contribution in [0.25, 0.3) is 0 Å². The van der Waals surface area contributed by atoms with Gasteiger partial charge in [0.1, 0.15) is 12.4 Å². The number of thiophene rings is 1. The summed E-state index contributed by atoms with van der Waals surface area (Å²) in [7, 11) is 0. The summed E-state index contributed by atoms with van der Waals surface area (Å²) < 4.78 is 5.71. The number of benzene rings is 1. The minimum atomic E-state index is -0.0200. The van der Waals surface area contributed by atoms with Gasteiger partial charge in [-0.1, -0.05) is 30.0 Å². The molecule has 3 N–H and O–H groups in total. The molecule has 0 bridgehead atoms. The highest BCUT2D eigenvalue weighted by Crippen LogP contribution is 2.21. The molecule has 0 unspecified atom stereocenters. The van der Waals surface area contributed by atoms with Crippen molar-refractivity contribution in [3.8, 4) is 17.6 Å². The first-order chi connectivity index (χ1) is 9.33. The molecule has 0 aliphatic heterocycles. The first-order valence-corrected chi connectivity index (χ1v) is 6.74. The smallest absolute Gasteiger partial charge is 0.125 e. The van der Waals surface area contributed by atoms with E-state index in [2.05, 4.69) is 11.8 Å².